The van der Waals surface area contributed by atoms with Crippen LogP contribution in [0.3, 0.4) is 0 Å². The monoisotopic (exact) mass is 278 g/mol. The van der Waals surface area contributed by atoms with Crippen molar-refractivity contribution in [2.24, 2.45) is 10.9 Å². The number of hydrogen-bond donors (Lipinski definition) is 1. The molecule has 1 aromatic rings. The summed E-state index contributed by atoms with van der Waals surface area (Å²) >= 11 is 0. The van der Waals surface area contributed by atoms with Gasteiger partial charge in [0.2, 0.25) is 0 Å². The van der Waals surface area contributed by atoms with Crippen molar-refractivity contribution in [3.8, 4) is 0 Å². The van der Waals surface area contributed by atoms with Gasteiger partial charge in [-0.1, -0.05) is 60.7 Å². The van der Waals surface area contributed by atoms with Gasteiger partial charge in [-0.05, 0) is 24.1 Å². The number of nitrogens with zero attached hydrogens (tertiary/aromatic N) is 1. The Morgan fingerprint density at radius 2 is 2.05 bits per heavy atom. The van der Waals surface area contributed by atoms with Gasteiger partial charge in [0.25, 0.3) is 0 Å². The fourth-order valence-corrected chi connectivity index (χ4v) is 2.20. The molecule has 1 heterocycles. The first-order valence-electron chi connectivity index (χ1n) is 7.30. The molecule has 1 atom stereocenters. The lowest BCUT2D eigenvalue weighted by Gasteiger charge is -2.12. The van der Waals surface area contributed by atoms with Crippen molar-refractivity contribution >= 4 is 5.71 Å². The zero-order chi connectivity index (χ0) is 14.9. The normalized spacial score (nSPS) is 19.2. The van der Waals surface area contributed by atoms with E-state index in [-0.39, 0.29) is 0 Å². The largest absolute Gasteiger partial charge is 0.393 e. The number of rotatable bonds is 5. The number of aliphatic imine (C=N–C) groups is 1. The van der Waals surface area contributed by atoms with Gasteiger partial charge in [-0.15, -0.1) is 0 Å². The molecule has 0 spiro atoms. The number of allylic oxidation sites excluding steroid dienone is 5. The zero-order valence-corrected chi connectivity index (χ0v) is 12.7. The van der Waals surface area contributed by atoms with Crippen molar-refractivity contribution in [1.29, 1.82) is 0 Å². The van der Waals surface area contributed by atoms with Gasteiger partial charge >= 0.3 is 0 Å². The van der Waals surface area contributed by atoms with E-state index in [0.29, 0.717) is 5.92 Å². The summed E-state index contributed by atoms with van der Waals surface area (Å²) in [4.78, 5) is 4.68. The number of hydrogen-bond acceptors (Lipinski definition) is 2. The van der Waals surface area contributed by atoms with Crippen LogP contribution in [0.25, 0.3) is 0 Å². The molecule has 0 unspecified atom stereocenters. The highest BCUT2D eigenvalue weighted by atomic mass is 14.8. The predicted octanol–water partition coefficient (Wildman–Crippen LogP) is 3.90. The summed E-state index contributed by atoms with van der Waals surface area (Å²) < 4.78 is 0. The summed E-state index contributed by atoms with van der Waals surface area (Å²) in [6.07, 6.45) is 14.8. The van der Waals surface area contributed by atoms with E-state index < -0.39 is 0 Å². The first kappa shape index (κ1) is 15.0. The van der Waals surface area contributed by atoms with E-state index in [1.165, 1.54) is 5.56 Å². The van der Waals surface area contributed by atoms with Gasteiger partial charge in [-0.3, -0.25) is 4.99 Å². The molecule has 1 aromatic carbocycles. The Hall–Kier alpha value is -2.35. The second kappa shape index (κ2) is 8.05. The van der Waals surface area contributed by atoms with Gasteiger partial charge in [-0.2, -0.15) is 0 Å². The Balaban J connectivity index is 2.00. The van der Waals surface area contributed by atoms with Crippen molar-refractivity contribution in [2.75, 3.05) is 13.6 Å². The average Bonchev–Trinajstić information content (AvgIpc) is 2.54. The minimum absolute atomic E-state index is 0.364. The van der Waals surface area contributed by atoms with Crippen LogP contribution in [0.15, 0.2) is 83.6 Å². The quantitative estimate of drug-likeness (QED) is 0.812. The van der Waals surface area contributed by atoms with Crippen LogP contribution in [-0.2, 0) is 0 Å². The minimum atomic E-state index is 0.364. The zero-order valence-electron chi connectivity index (χ0n) is 12.7. The first-order valence-corrected chi connectivity index (χ1v) is 7.30. The van der Waals surface area contributed by atoms with E-state index in [0.717, 1.165) is 17.8 Å². The Kier molecular flexibility index (Phi) is 5.77. The number of nitrogens with one attached hydrogen (secondary N) is 1. The highest BCUT2D eigenvalue weighted by molar-refractivity contribution is 6.09. The standard InChI is InChI=1S/C19H22N2/c1-3-7-16(14-20-2)10-11-17-12-13-19(21-15-17)18-8-5-4-6-9-18/h3-14,17,20H,15H2,1-2H3/b7-3-,11-10-,16-14+/t17-/m1/s1. The molecule has 0 saturated heterocycles. The van der Waals surface area contributed by atoms with E-state index in [1.54, 1.807) is 0 Å². The average molecular weight is 278 g/mol. The molecule has 1 aliphatic heterocycles. The highest BCUT2D eigenvalue weighted by Gasteiger charge is 2.08. The van der Waals surface area contributed by atoms with Crippen molar-refractivity contribution < 1.29 is 0 Å². The minimum Gasteiger partial charge on any atom is -0.393 e. The lowest BCUT2D eigenvalue weighted by Crippen LogP contribution is -2.09. The predicted molar refractivity (Wildman–Crippen MR) is 91.6 cm³/mol. The smallest absolute Gasteiger partial charge is 0.0644 e. The highest BCUT2D eigenvalue weighted by Crippen LogP contribution is 2.14. The molecule has 0 amide bonds. The summed E-state index contributed by atoms with van der Waals surface area (Å²) in [5.41, 5.74) is 3.41. The summed E-state index contributed by atoms with van der Waals surface area (Å²) in [7, 11) is 1.91. The molecule has 0 aromatic heterocycles. The molecule has 0 saturated carbocycles. The van der Waals surface area contributed by atoms with Gasteiger partial charge in [-0.25, -0.2) is 0 Å². The van der Waals surface area contributed by atoms with Crippen LogP contribution in [0.2, 0.25) is 0 Å². The van der Waals surface area contributed by atoms with Crippen LogP contribution in [0.5, 0.6) is 0 Å². The Labute approximate surface area is 127 Å². The van der Waals surface area contributed by atoms with Crippen LogP contribution >= 0.6 is 0 Å². The number of dihydropyridines is 1. The maximum atomic E-state index is 4.68. The SMILES string of the molecule is C\C=C/C(/C=C\[C@@H]1C=CC(c2ccccc2)=NC1)=C\NC. The molecular formula is C19H22N2. The van der Waals surface area contributed by atoms with Crippen LogP contribution in [0.4, 0.5) is 0 Å². The maximum Gasteiger partial charge on any atom is 0.0644 e. The summed E-state index contributed by atoms with van der Waals surface area (Å²) in [5.74, 6) is 0.364. The van der Waals surface area contributed by atoms with Crippen LogP contribution in [0, 0.1) is 5.92 Å². The van der Waals surface area contributed by atoms with Crippen LogP contribution < -0.4 is 5.32 Å². The second-order valence-corrected chi connectivity index (χ2v) is 4.91. The maximum absolute atomic E-state index is 4.68. The molecule has 2 rings (SSSR count). The Morgan fingerprint density at radius 3 is 2.67 bits per heavy atom. The van der Waals surface area contributed by atoms with Gasteiger partial charge in [0.1, 0.15) is 0 Å². The molecule has 2 heteroatoms. The first-order chi connectivity index (χ1) is 10.3. The van der Waals surface area contributed by atoms with Crippen LogP contribution in [0.1, 0.15) is 12.5 Å². The molecule has 21 heavy (non-hydrogen) atoms. The van der Waals surface area contributed by atoms with E-state index in [1.807, 2.05) is 44.4 Å². The Morgan fingerprint density at radius 1 is 1.24 bits per heavy atom. The molecule has 2 nitrogen and oxygen atoms in total. The van der Waals surface area contributed by atoms with Crippen molar-refractivity contribution in [3.05, 3.63) is 84.1 Å². The van der Waals surface area contributed by atoms with Crippen LogP contribution in [-0.4, -0.2) is 19.3 Å². The van der Waals surface area contributed by atoms with Gasteiger partial charge in [0.05, 0.1) is 5.71 Å². The van der Waals surface area contributed by atoms with Gasteiger partial charge < -0.3 is 5.32 Å². The second-order valence-electron chi connectivity index (χ2n) is 4.91. The third-order valence-corrected chi connectivity index (χ3v) is 3.25. The van der Waals surface area contributed by atoms with Gasteiger partial charge in [0, 0.05) is 25.7 Å². The van der Waals surface area contributed by atoms with Gasteiger partial charge in [0.15, 0.2) is 0 Å². The molecule has 0 aliphatic carbocycles. The third kappa shape index (κ3) is 4.60. The molecule has 0 radical (unpaired) electrons. The number of benzene rings is 1. The molecule has 0 bridgehead atoms. The fourth-order valence-electron chi connectivity index (χ4n) is 2.20. The van der Waals surface area contributed by atoms with E-state index >= 15 is 0 Å². The summed E-state index contributed by atoms with van der Waals surface area (Å²) in [5, 5.41) is 3.06. The van der Waals surface area contributed by atoms with Crippen molar-refractivity contribution in [2.45, 2.75) is 6.92 Å². The molecule has 1 N–H and O–H groups in total. The summed E-state index contributed by atoms with van der Waals surface area (Å²) in [6, 6.07) is 10.3. The summed E-state index contributed by atoms with van der Waals surface area (Å²) in [6.45, 7) is 2.83. The molecule has 1 aliphatic rings. The topological polar surface area (TPSA) is 24.4 Å². The van der Waals surface area contributed by atoms with Crippen molar-refractivity contribution in [1.82, 2.24) is 5.32 Å². The Bertz CT molecular complexity index is 589. The van der Waals surface area contributed by atoms with E-state index in [2.05, 4.69) is 52.8 Å². The lowest BCUT2D eigenvalue weighted by molar-refractivity contribution is 0.812. The fraction of sp³-hybridized carbons (Fsp3) is 0.211. The molecule has 108 valence electrons. The lowest BCUT2D eigenvalue weighted by atomic mass is 10.0. The van der Waals surface area contributed by atoms with E-state index in [4.69, 9.17) is 0 Å². The molecule has 0 fully saturated rings. The molecular weight excluding hydrogens is 256 g/mol. The van der Waals surface area contributed by atoms with Crippen molar-refractivity contribution in [3.63, 3.8) is 0 Å². The van der Waals surface area contributed by atoms with E-state index in [9.17, 15) is 0 Å². The third-order valence-electron chi connectivity index (χ3n) is 3.25.